The first-order chi connectivity index (χ1) is 8.42. The van der Waals surface area contributed by atoms with Crippen molar-refractivity contribution in [3.63, 3.8) is 0 Å². The molecular weight excluding hydrogens is 218 g/mol. The summed E-state index contributed by atoms with van der Waals surface area (Å²) in [4.78, 5) is 8.11. The molecule has 0 aliphatic carbocycles. The average Bonchev–Trinajstić information content (AvgIpc) is 3.00. The molecular formula is C11H13N5O. The first-order valence-corrected chi connectivity index (χ1v) is 5.58. The third kappa shape index (κ3) is 2.26. The van der Waals surface area contributed by atoms with Gasteiger partial charge in [0, 0.05) is 36.7 Å². The monoisotopic (exact) mass is 231 g/mol. The van der Waals surface area contributed by atoms with Crippen molar-refractivity contribution in [1.82, 2.24) is 20.2 Å². The zero-order chi connectivity index (χ0) is 11.5. The van der Waals surface area contributed by atoms with Crippen LogP contribution in [0.4, 0.5) is 11.6 Å². The first kappa shape index (κ1) is 10.2. The Hall–Kier alpha value is -1.95. The smallest absolute Gasteiger partial charge is 0.153 e. The van der Waals surface area contributed by atoms with Crippen molar-refractivity contribution in [2.24, 2.45) is 0 Å². The van der Waals surface area contributed by atoms with Crippen LogP contribution in [0.15, 0.2) is 24.7 Å². The van der Waals surface area contributed by atoms with Gasteiger partial charge in [0.25, 0.3) is 0 Å². The lowest BCUT2D eigenvalue weighted by Crippen LogP contribution is -1.97. The lowest BCUT2D eigenvalue weighted by Gasteiger charge is -2.01. The molecule has 1 saturated heterocycles. The molecule has 88 valence electrons. The van der Waals surface area contributed by atoms with Gasteiger partial charge in [-0.15, -0.1) is 0 Å². The van der Waals surface area contributed by atoms with Crippen LogP contribution in [-0.4, -0.2) is 33.4 Å². The van der Waals surface area contributed by atoms with Crippen molar-refractivity contribution in [1.29, 1.82) is 0 Å². The standard InChI is InChI=1S/C11H13N5O/c1-4-17-7-8(1)9-5-10(16-15-9)14-11-6-12-2-3-13-11/h2-3,5-6,8H,1,4,7H2,(H2,13,14,15,16)/t8-/m1/s1. The van der Waals surface area contributed by atoms with Gasteiger partial charge in [-0.2, -0.15) is 5.10 Å². The van der Waals surface area contributed by atoms with Crippen molar-refractivity contribution < 1.29 is 4.74 Å². The molecule has 3 rings (SSSR count). The Morgan fingerprint density at radius 2 is 2.35 bits per heavy atom. The quantitative estimate of drug-likeness (QED) is 0.836. The van der Waals surface area contributed by atoms with E-state index in [9.17, 15) is 0 Å². The molecule has 6 heteroatoms. The second-order valence-electron chi connectivity index (χ2n) is 3.98. The summed E-state index contributed by atoms with van der Waals surface area (Å²) in [6.07, 6.45) is 5.98. The number of anilines is 2. The summed E-state index contributed by atoms with van der Waals surface area (Å²) >= 11 is 0. The summed E-state index contributed by atoms with van der Waals surface area (Å²) < 4.78 is 5.35. The Labute approximate surface area is 98.4 Å². The van der Waals surface area contributed by atoms with E-state index in [1.54, 1.807) is 18.6 Å². The molecule has 17 heavy (non-hydrogen) atoms. The fraction of sp³-hybridized carbons (Fsp3) is 0.364. The zero-order valence-corrected chi connectivity index (χ0v) is 9.26. The van der Waals surface area contributed by atoms with Gasteiger partial charge in [0.1, 0.15) is 5.82 Å². The second kappa shape index (κ2) is 4.50. The predicted octanol–water partition coefficient (Wildman–Crippen LogP) is 1.45. The molecule has 0 bridgehead atoms. The Morgan fingerprint density at radius 1 is 1.35 bits per heavy atom. The minimum Gasteiger partial charge on any atom is -0.381 e. The lowest BCUT2D eigenvalue weighted by molar-refractivity contribution is 0.193. The third-order valence-electron chi connectivity index (χ3n) is 2.79. The van der Waals surface area contributed by atoms with E-state index in [-0.39, 0.29) is 0 Å². The molecule has 0 radical (unpaired) electrons. The van der Waals surface area contributed by atoms with E-state index in [0.29, 0.717) is 11.7 Å². The first-order valence-electron chi connectivity index (χ1n) is 5.58. The number of hydrogen-bond donors (Lipinski definition) is 2. The molecule has 2 aromatic heterocycles. The van der Waals surface area contributed by atoms with Crippen LogP contribution in [0.25, 0.3) is 0 Å². The number of ether oxygens (including phenoxy) is 1. The van der Waals surface area contributed by atoms with Crippen molar-refractivity contribution in [3.05, 3.63) is 30.4 Å². The minimum atomic E-state index is 0.430. The van der Waals surface area contributed by atoms with E-state index in [1.165, 1.54) is 0 Å². The summed E-state index contributed by atoms with van der Waals surface area (Å²) in [5.41, 5.74) is 1.11. The molecule has 0 spiro atoms. The SMILES string of the molecule is c1cnc(Nc2cc([C@@H]3CCOC3)[nH]n2)cn1. The van der Waals surface area contributed by atoms with Crippen molar-refractivity contribution >= 4 is 11.6 Å². The highest BCUT2D eigenvalue weighted by molar-refractivity contribution is 5.50. The van der Waals surface area contributed by atoms with Crippen molar-refractivity contribution in [2.75, 3.05) is 18.5 Å². The van der Waals surface area contributed by atoms with Crippen LogP contribution < -0.4 is 5.32 Å². The molecule has 0 saturated carbocycles. The predicted molar refractivity (Wildman–Crippen MR) is 62.1 cm³/mol. The number of H-pyrrole nitrogens is 1. The highest BCUT2D eigenvalue weighted by atomic mass is 16.5. The minimum absolute atomic E-state index is 0.430. The van der Waals surface area contributed by atoms with Gasteiger partial charge in [-0.25, -0.2) is 4.98 Å². The summed E-state index contributed by atoms with van der Waals surface area (Å²) in [6.45, 7) is 1.60. The van der Waals surface area contributed by atoms with Gasteiger partial charge in [-0.1, -0.05) is 0 Å². The maximum absolute atomic E-state index is 5.35. The molecule has 3 heterocycles. The zero-order valence-electron chi connectivity index (χ0n) is 9.26. The van der Waals surface area contributed by atoms with Gasteiger partial charge in [-0.3, -0.25) is 10.1 Å². The topological polar surface area (TPSA) is 75.7 Å². The number of rotatable bonds is 3. The number of aromatic amines is 1. The Bertz CT molecular complexity index is 478. The van der Waals surface area contributed by atoms with Gasteiger partial charge in [0.2, 0.25) is 0 Å². The van der Waals surface area contributed by atoms with Crippen LogP contribution in [0.3, 0.4) is 0 Å². The molecule has 0 amide bonds. The van der Waals surface area contributed by atoms with Crippen LogP contribution in [0.2, 0.25) is 0 Å². The van der Waals surface area contributed by atoms with E-state index >= 15 is 0 Å². The van der Waals surface area contributed by atoms with E-state index in [0.717, 1.165) is 31.1 Å². The summed E-state index contributed by atoms with van der Waals surface area (Å²) in [5, 5.41) is 10.3. The van der Waals surface area contributed by atoms with Gasteiger partial charge < -0.3 is 10.1 Å². The number of nitrogens with one attached hydrogen (secondary N) is 2. The van der Waals surface area contributed by atoms with Gasteiger partial charge in [0.15, 0.2) is 5.82 Å². The molecule has 1 aliphatic heterocycles. The molecule has 2 aromatic rings. The Kier molecular flexibility index (Phi) is 2.71. The highest BCUT2D eigenvalue weighted by Gasteiger charge is 2.19. The molecule has 0 aromatic carbocycles. The van der Waals surface area contributed by atoms with Crippen LogP contribution in [0.1, 0.15) is 18.0 Å². The molecule has 1 fully saturated rings. The van der Waals surface area contributed by atoms with E-state index in [4.69, 9.17) is 4.74 Å². The maximum Gasteiger partial charge on any atom is 0.153 e. The molecule has 1 aliphatic rings. The van der Waals surface area contributed by atoms with E-state index in [1.807, 2.05) is 6.07 Å². The van der Waals surface area contributed by atoms with Crippen molar-refractivity contribution in [3.8, 4) is 0 Å². The average molecular weight is 231 g/mol. The summed E-state index contributed by atoms with van der Waals surface area (Å²) in [5.74, 6) is 1.88. The fourth-order valence-electron chi connectivity index (χ4n) is 1.88. The van der Waals surface area contributed by atoms with E-state index in [2.05, 4.69) is 25.5 Å². The van der Waals surface area contributed by atoms with Crippen LogP contribution >= 0.6 is 0 Å². The lowest BCUT2D eigenvalue weighted by atomic mass is 10.1. The normalized spacial score (nSPS) is 19.4. The van der Waals surface area contributed by atoms with Crippen molar-refractivity contribution in [2.45, 2.75) is 12.3 Å². The summed E-state index contributed by atoms with van der Waals surface area (Å²) in [7, 11) is 0. The maximum atomic E-state index is 5.35. The number of aromatic nitrogens is 4. The largest absolute Gasteiger partial charge is 0.381 e. The van der Waals surface area contributed by atoms with Crippen LogP contribution in [0, 0.1) is 0 Å². The molecule has 1 atom stereocenters. The Balaban J connectivity index is 1.72. The van der Waals surface area contributed by atoms with E-state index < -0.39 is 0 Å². The number of nitrogens with zero attached hydrogens (tertiary/aromatic N) is 3. The number of hydrogen-bond acceptors (Lipinski definition) is 5. The van der Waals surface area contributed by atoms with Crippen LogP contribution in [0.5, 0.6) is 0 Å². The second-order valence-corrected chi connectivity index (χ2v) is 3.98. The highest BCUT2D eigenvalue weighted by Crippen LogP contribution is 2.25. The summed E-state index contributed by atoms with van der Waals surface area (Å²) in [6, 6.07) is 1.99. The fourth-order valence-corrected chi connectivity index (χ4v) is 1.88. The van der Waals surface area contributed by atoms with Gasteiger partial charge in [-0.05, 0) is 6.42 Å². The Morgan fingerprint density at radius 3 is 3.12 bits per heavy atom. The van der Waals surface area contributed by atoms with Gasteiger partial charge >= 0.3 is 0 Å². The molecule has 2 N–H and O–H groups in total. The molecule has 6 nitrogen and oxygen atoms in total. The van der Waals surface area contributed by atoms with Gasteiger partial charge in [0.05, 0.1) is 12.8 Å². The molecule has 0 unspecified atom stereocenters. The third-order valence-corrected chi connectivity index (χ3v) is 2.79. The van der Waals surface area contributed by atoms with Crippen LogP contribution in [-0.2, 0) is 4.74 Å².